The third-order valence-corrected chi connectivity index (χ3v) is 4.76. The number of piperidine rings is 1. The van der Waals surface area contributed by atoms with Crippen LogP contribution in [-0.4, -0.2) is 47.6 Å². The lowest BCUT2D eigenvalue weighted by Crippen LogP contribution is -2.39. The van der Waals surface area contributed by atoms with Crippen molar-refractivity contribution in [2.45, 2.75) is 32.7 Å². The maximum atomic E-state index is 4.68. The summed E-state index contributed by atoms with van der Waals surface area (Å²) in [5.41, 5.74) is 0. The number of nitrogens with zero attached hydrogens (tertiary/aromatic N) is 3. The van der Waals surface area contributed by atoms with Crippen molar-refractivity contribution in [1.82, 2.24) is 14.9 Å². The van der Waals surface area contributed by atoms with E-state index in [0.717, 1.165) is 35.1 Å². The second-order valence-corrected chi connectivity index (χ2v) is 6.98. The van der Waals surface area contributed by atoms with Crippen LogP contribution in [0, 0.1) is 6.92 Å². The van der Waals surface area contributed by atoms with Gasteiger partial charge in [0.2, 0.25) is 5.95 Å². The maximum Gasteiger partial charge on any atom is 0.226 e. The summed E-state index contributed by atoms with van der Waals surface area (Å²) in [5, 5.41) is 8.02. The molecule has 0 spiro atoms. The van der Waals surface area contributed by atoms with Gasteiger partial charge in [0, 0.05) is 24.0 Å². The van der Waals surface area contributed by atoms with E-state index in [1.54, 1.807) is 11.3 Å². The number of fused-ring (bicyclic) bond motifs is 1. The highest BCUT2D eigenvalue weighted by Gasteiger charge is 2.19. The van der Waals surface area contributed by atoms with Crippen molar-refractivity contribution in [3.05, 3.63) is 10.9 Å². The molecule has 3 rings (SSSR count). The Kier molecular flexibility index (Phi) is 4.26. The molecule has 2 aromatic heterocycles. The molecule has 1 fully saturated rings. The van der Waals surface area contributed by atoms with Crippen LogP contribution < -0.4 is 10.6 Å². The lowest BCUT2D eigenvalue weighted by atomic mass is 10.1. The summed E-state index contributed by atoms with van der Waals surface area (Å²) < 4.78 is 0. The molecule has 1 unspecified atom stereocenters. The van der Waals surface area contributed by atoms with E-state index in [1.165, 1.54) is 24.3 Å². The second-order valence-electron chi connectivity index (χ2n) is 5.75. The van der Waals surface area contributed by atoms with Crippen LogP contribution >= 0.6 is 11.3 Å². The van der Waals surface area contributed by atoms with Crippen LogP contribution in [0.2, 0.25) is 0 Å². The Morgan fingerprint density at radius 1 is 1.43 bits per heavy atom. The quantitative estimate of drug-likeness (QED) is 0.909. The van der Waals surface area contributed by atoms with Gasteiger partial charge < -0.3 is 15.5 Å². The van der Waals surface area contributed by atoms with Gasteiger partial charge in [-0.05, 0) is 46.3 Å². The summed E-state index contributed by atoms with van der Waals surface area (Å²) in [5.74, 6) is 1.69. The zero-order valence-electron chi connectivity index (χ0n) is 12.9. The molecule has 0 bridgehead atoms. The second kappa shape index (κ2) is 6.15. The molecule has 0 radical (unpaired) electrons. The Morgan fingerprint density at radius 3 is 3.05 bits per heavy atom. The Morgan fingerprint density at radius 2 is 2.29 bits per heavy atom. The third-order valence-electron chi connectivity index (χ3n) is 3.82. The fourth-order valence-corrected chi connectivity index (χ4v) is 3.75. The van der Waals surface area contributed by atoms with Crippen molar-refractivity contribution in [1.29, 1.82) is 0 Å². The Hall–Kier alpha value is -1.40. The van der Waals surface area contributed by atoms with E-state index in [1.807, 2.05) is 0 Å². The molecule has 0 saturated carbocycles. The predicted octanol–water partition coefficient (Wildman–Crippen LogP) is 2.94. The molecular formula is C15H23N5S. The van der Waals surface area contributed by atoms with Crippen LogP contribution in [0.15, 0.2) is 6.07 Å². The monoisotopic (exact) mass is 305 g/mol. The lowest BCUT2D eigenvalue weighted by Gasteiger charge is -2.30. The number of aryl methyl sites for hydroxylation is 1. The summed E-state index contributed by atoms with van der Waals surface area (Å²) in [6, 6.07) is 2.65. The number of rotatable bonds is 4. The molecule has 3 heterocycles. The van der Waals surface area contributed by atoms with E-state index in [2.05, 4.69) is 52.5 Å². The SMILES string of the molecule is CCNc1nc(NC2CCCN(C)C2)c2cc(C)sc2n1. The average molecular weight is 305 g/mol. The topological polar surface area (TPSA) is 53.1 Å². The summed E-state index contributed by atoms with van der Waals surface area (Å²) in [6.07, 6.45) is 2.45. The van der Waals surface area contributed by atoms with Gasteiger partial charge in [0.05, 0.1) is 5.39 Å². The van der Waals surface area contributed by atoms with Gasteiger partial charge in [0.15, 0.2) is 0 Å². The van der Waals surface area contributed by atoms with Crippen molar-refractivity contribution in [2.75, 3.05) is 37.3 Å². The summed E-state index contributed by atoms with van der Waals surface area (Å²) in [7, 11) is 2.18. The third kappa shape index (κ3) is 3.27. The van der Waals surface area contributed by atoms with E-state index in [4.69, 9.17) is 0 Å². The van der Waals surface area contributed by atoms with Gasteiger partial charge in [0.1, 0.15) is 10.6 Å². The Labute approximate surface area is 129 Å². The largest absolute Gasteiger partial charge is 0.365 e. The minimum absolute atomic E-state index is 0.469. The van der Waals surface area contributed by atoms with Crippen molar-refractivity contribution < 1.29 is 0 Å². The van der Waals surface area contributed by atoms with E-state index in [9.17, 15) is 0 Å². The van der Waals surface area contributed by atoms with Gasteiger partial charge >= 0.3 is 0 Å². The number of nitrogens with one attached hydrogen (secondary N) is 2. The number of likely N-dealkylation sites (tertiary alicyclic amines) is 1. The summed E-state index contributed by atoms with van der Waals surface area (Å²) in [6.45, 7) is 7.29. The lowest BCUT2D eigenvalue weighted by molar-refractivity contribution is 0.261. The van der Waals surface area contributed by atoms with Crippen molar-refractivity contribution in [2.24, 2.45) is 0 Å². The molecule has 0 aliphatic carbocycles. The molecule has 2 aromatic rings. The molecule has 5 nitrogen and oxygen atoms in total. The van der Waals surface area contributed by atoms with E-state index < -0.39 is 0 Å². The Balaban J connectivity index is 1.91. The first-order valence-electron chi connectivity index (χ1n) is 7.63. The van der Waals surface area contributed by atoms with Crippen LogP contribution in [0.5, 0.6) is 0 Å². The number of hydrogen-bond acceptors (Lipinski definition) is 6. The first kappa shape index (κ1) is 14.5. The van der Waals surface area contributed by atoms with E-state index in [-0.39, 0.29) is 0 Å². The fourth-order valence-electron chi connectivity index (χ4n) is 2.87. The zero-order valence-corrected chi connectivity index (χ0v) is 13.8. The average Bonchev–Trinajstić information content (AvgIpc) is 2.80. The minimum atomic E-state index is 0.469. The van der Waals surface area contributed by atoms with Gasteiger partial charge in [-0.25, -0.2) is 4.98 Å². The van der Waals surface area contributed by atoms with Crippen LogP contribution in [0.4, 0.5) is 11.8 Å². The van der Waals surface area contributed by atoms with E-state index >= 15 is 0 Å². The summed E-state index contributed by atoms with van der Waals surface area (Å²) >= 11 is 1.73. The van der Waals surface area contributed by atoms with Gasteiger partial charge in [0.25, 0.3) is 0 Å². The van der Waals surface area contributed by atoms with Gasteiger partial charge in [-0.3, -0.25) is 0 Å². The first-order valence-corrected chi connectivity index (χ1v) is 8.44. The number of likely N-dealkylation sites (N-methyl/N-ethyl adjacent to an activating group) is 1. The van der Waals surface area contributed by atoms with Gasteiger partial charge in [-0.1, -0.05) is 0 Å². The number of anilines is 2. The molecule has 2 N–H and O–H groups in total. The minimum Gasteiger partial charge on any atom is -0.365 e. The highest BCUT2D eigenvalue weighted by atomic mass is 32.1. The maximum absolute atomic E-state index is 4.68. The van der Waals surface area contributed by atoms with Gasteiger partial charge in [-0.15, -0.1) is 11.3 Å². The fraction of sp³-hybridized carbons (Fsp3) is 0.600. The number of aromatic nitrogens is 2. The molecule has 0 aromatic carbocycles. The highest BCUT2D eigenvalue weighted by molar-refractivity contribution is 7.18. The molecule has 114 valence electrons. The summed E-state index contributed by atoms with van der Waals surface area (Å²) in [4.78, 5) is 14.0. The first-order chi connectivity index (χ1) is 10.2. The molecule has 1 aliphatic heterocycles. The van der Waals surface area contributed by atoms with Crippen LogP contribution in [-0.2, 0) is 0 Å². The Bertz CT molecular complexity index is 624. The molecular weight excluding hydrogens is 282 g/mol. The van der Waals surface area contributed by atoms with Crippen molar-refractivity contribution >= 4 is 33.3 Å². The number of thiophene rings is 1. The molecule has 1 atom stereocenters. The molecule has 6 heteroatoms. The van der Waals surface area contributed by atoms with E-state index in [0.29, 0.717) is 6.04 Å². The predicted molar refractivity (Wildman–Crippen MR) is 90.5 cm³/mol. The van der Waals surface area contributed by atoms with Crippen LogP contribution in [0.3, 0.4) is 0 Å². The highest BCUT2D eigenvalue weighted by Crippen LogP contribution is 2.30. The molecule has 1 saturated heterocycles. The number of hydrogen-bond donors (Lipinski definition) is 2. The normalized spacial score (nSPS) is 19.9. The molecule has 0 amide bonds. The van der Waals surface area contributed by atoms with Crippen LogP contribution in [0.25, 0.3) is 10.2 Å². The standard InChI is InChI=1S/C15H23N5S/c1-4-16-15-18-13(12-8-10(2)21-14(12)19-15)17-11-6-5-7-20(3)9-11/h8,11H,4-7,9H2,1-3H3,(H2,16,17,18,19). The van der Waals surface area contributed by atoms with Crippen molar-refractivity contribution in [3.63, 3.8) is 0 Å². The van der Waals surface area contributed by atoms with Gasteiger partial charge in [-0.2, -0.15) is 4.98 Å². The molecule has 21 heavy (non-hydrogen) atoms. The van der Waals surface area contributed by atoms with Crippen LogP contribution in [0.1, 0.15) is 24.6 Å². The zero-order chi connectivity index (χ0) is 14.8. The van der Waals surface area contributed by atoms with Crippen molar-refractivity contribution in [3.8, 4) is 0 Å². The smallest absolute Gasteiger partial charge is 0.226 e. The molecule has 1 aliphatic rings.